The van der Waals surface area contributed by atoms with Gasteiger partial charge < -0.3 is 0 Å². The van der Waals surface area contributed by atoms with E-state index in [1.165, 1.54) is 18.4 Å². The van der Waals surface area contributed by atoms with Crippen LogP contribution in [0.1, 0.15) is 45.2 Å². The number of hydrogen-bond donors (Lipinski definition) is 0. The van der Waals surface area contributed by atoms with Gasteiger partial charge in [-0.15, -0.1) is 0 Å². The van der Waals surface area contributed by atoms with Crippen molar-refractivity contribution in [1.82, 2.24) is 4.90 Å². The molecular formula is C16H23N. The largest absolute Gasteiger partial charge is 0.290 e. The SMILES string of the molecule is CC(C)[C@@H]1C[C@@H]2C[C@H]2N1[C@H](C)c1ccccc1. The van der Waals surface area contributed by atoms with E-state index < -0.39 is 0 Å². The molecule has 2 aliphatic rings. The van der Waals surface area contributed by atoms with Gasteiger partial charge in [-0.1, -0.05) is 44.2 Å². The first kappa shape index (κ1) is 11.3. The van der Waals surface area contributed by atoms with Gasteiger partial charge in [0.2, 0.25) is 0 Å². The Hall–Kier alpha value is -0.820. The number of benzene rings is 1. The first-order chi connectivity index (χ1) is 8.18. The summed E-state index contributed by atoms with van der Waals surface area (Å²) in [5.41, 5.74) is 1.48. The zero-order valence-electron chi connectivity index (χ0n) is 11.1. The quantitative estimate of drug-likeness (QED) is 0.760. The molecule has 1 saturated carbocycles. The molecule has 0 amide bonds. The fourth-order valence-electron chi connectivity index (χ4n) is 3.62. The molecule has 0 spiro atoms. The number of likely N-dealkylation sites (tertiary alicyclic amines) is 1. The van der Waals surface area contributed by atoms with E-state index in [0.717, 1.165) is 23.9 Å². The van der Waals surface area contributed by atoms with Crippen molar-refractivity contribution >= 4 is 0 Å². The van der Waals surface area contributed by atoms with Gasteiger partial charge in [-0.25, -0.2) is 0 Å². The Balaban J connectivity index is 1.83. The lowest BCUT2D eigenvalue weighted by atomic mass is 9.97. The Kier molecular flexibility index (Phi) is 2.74. The first-order valence-corrected chi connectivity index (χ1v) is 7.01. The maximum absolute atomic E-state index is 2.80. The summed E-state index contributed by atoms with van der Waals surface area (Å²) in [6.07, 6.45) is 2.87. The lowest BCUT2D eigenvalue weighted by Crippen LogP contribution is -2.38. The minimum Gasteiger partial charge on any atom is -0.290 e. The van der Waals surface area contributed by atoms with Crippen LogP contribution in [0.5, 0.6) is 0 Å². The Bertz CT molecular complexity index is 384. The van der Waals surface area contributed by atoms with Gasteiger partial charge in [-0.2, -0.15) is 0 Å². The molecule has 3 rings (SSSR count). The van der Waals surface area contributed by atoms with Crippen LogP contribution in [0.3, 0.4) is 0 Å². The van der Waals surface area contributed by atoms with Crippen LogP contribution in [0.25, 0.3) is 0 Å². The fourth-order valence-corrected chi connectivity index (χ4v) is 3.62. The standard InChI is InChI=1S/C16H23N/c1-11(2)15-9-14-10-16(14)17(15)12(3)13-7-5-4-6-8-13/h4-8,11-12,14-16H,9-10H2,1-3H3/t12-,14-,15+,16-/m1/s1. The normalized spacial score (nSPS) is 33.8. The van der Waals surface area contributed by atoms with Crippen LogP contribution < -0.4 is 0 Å². The van der Waals surface area contributed by atoms with Crippen LogP contribution in [-0.4, -0.2) is 17.0 Å². The van der Waals surface area contributed by atoms with Gasteiger partial charge in [0, 0.05) is 18.1 Å². The summed E-state index contributed by atoms with van der Waals surface area (Å²) in [4.78, 5) is 2.80. The summed E-state index contributed by atoms with van der Waals surface area (Å²) in [7, 11) is 0. The molecule has 1 nitrogen and oxygen atoms in total. The molecular weight excluding hydrogens is 206 g/mol. The van der Waals surface area contributed by atoms with E-state index in [1.807, 2.05) is 0 Å². The molecule has 0 radical (unpaired) electrons. The van der Waals surface area contributed by atoms with Gasteiger partial charge in [-0.3, -0.25) is 4.90 Å². The van der Waals surface area contributed by atoms with Gasteiger partial charge in [0.25, 0.3) is 0 Å². The van der Waals surface area contributed by atoms with Gasteiger partial charge in [0.15, 0.2) is 0 Å². The Labute approximate surface area is 105 Å². The molecule has 1 saturated heterocycles. The van der Waals surface area contributed by atoms with Crippen molar-refractivity contribution in [1.29, 1.82) is 0 Å². The molecule has 2 fully saturated rings. The molecule has 0 bridgehead atoms. The molecule has 1 aliphatic carbocycles. The minimum atomic E-state index is 0.584. The van der Waals surface area contributed by atoms with Crippen LogP contribution in [0.2, 0.25) is 0 Å². The van der Waals surface area contributed by atoms with E-state index in [1.54, 1.807) is 0 Å². The zero-order valence-corrected chi connectivity index (χ0v) is 11.1. The second-order valence-electron chi connectivity index (χ2n) is 6.14. The van der Waals surface area contributed by atoms with E-state index in [9.17, 15) is 0 Å². The van der Waals surface area contributed by atoms with Crippen molar-refractivity contribution in [3.05, 3.63) is 35.9 Å². The van der Waals surface area contributed by atoms with E-state index in [-0.39, 0.29) is 0 Å². The number of hydrogen-bond acceptors (Lipinski definition) is 1. The second-order valence-corrected chi connectivity index (χ2v) is 6.14. The average Bonchev–Trinajstić information content (AvgIpc) is 3.00. The molecule has 1 aliphatic heterocycles. The van der Waals surface area contributed by atoms with Gasteiger partial charge in [-0.05, 0) is 37.2 Å². The van der Waals surface area contributed by atoms with Gasteiger partial charge >= 0.3 is 0 Å². The molecule has 0 aromatic heterocycles. The van der Waals surface area contributed by atoms with Crippen LogP contribution in [-0.2, 0) is 0 Å². The predicted octanol–water partition coefficient (Wildman–Crippen LogP) is 3.87. The Morgan fingerprint density at radius 3 is 2.41 bits per heavy atom. The highest BCUT2D eigenvalue weighted by Gasteiger charge is 2.53. The van der Waals surface area contributed by atoms with Crippen LogP contribution >= 0.6 is 0 Å². The summed E-state index contributed by atoms with van der Waals surface area (Å²) in [6.45, 7) is 7.13. The summed E-state index contributed by atoms with van der Waals surface area (Å²) >= 11 is 0. The maximum Gasteiger partial charge on any atom is 0.0325 e. The Morgan fingerprint density at radius 1 is 1.06 bits per heavy atom. The lowest BCUT2D eigenvalue weighted by Gasteiger charge is -2.35. The third-order valence-corrected chi connectivity index (χ3v) is 4.69. The molecule has 1 heterocycles. The first-order valence-electron chi connectivity index (χ1n) is 7.01. The highest BCUT2D eigenvalue weighted by atomic mass is 15.3. The van der Waals surface area contributed by atoms with Crippen LogP contribution in [0.15, 0.2) is 30.3 Å². The lowest BCUT2D eigenvalue weighted by molar-refractivity contribution is 0.127. The molecule has 1 aromatic carbocycles. The number of piperidine rings is 1. The average molecular weight is 229 g/mol. The van der Waals surface area contributed by atoms with Gasteiger partial charge in [0.05, 0.1) is 0 Å². The number of fused-ring (bicyclic) bond motifs is 1. The van der Waals surface area contributed by atoms with E-state index in [4.69, 9.17) is 0 Å². The molecule has 92 valence electrons. The molecule has 4 atom stereocenters. The predicted molar refractivity (Wildman–Crippen MR) is 71.8 cm³/mol. The summed E-state index contributed by atoms with van der Waals surface area (Å²) in [5, 5.41) is 0. The molecule has 0 unspecified atom stereocenters. The van der Waals surface area contributed by atoms with E-state index in [2.05, 4.69) is 56.0 Å². The monoisotopic (exact) mass is 229 g/mol. The number of nitrogens with zero attached hydrogens (tertiary/aromatic N) is 1. The molecule has 17 heavy (non-hydrogen) atoms. The smallest absolute Gasteiger partial charge is 0.0325 e. The maximum atomic E-state index is 2.80. The summed E-state index contributed by atoms with van der Waals surface area (Å²) in [5.74, 6) is 1.79. The highest BCUT2D eigenvalue weighted by molar-refractivity contribution is 5.21. The van der Waals surface area contributed by atoms with E-state index in [0.29, 0.717) is 6.04 Å². The topological polar surface area (TPSA) is 3.24 Å². The zero-order chi connectivity index (χ0) is 12.0. The van der Waals surface area contributed by atoms with Crippen molar-refractivity contribution in [3.63, 3.8) is 0 Å². The molecule has 1 aromatic rings. The van der Waals surface area contributed by atoms with Gasteiger partial charge in [0.1, 0.15) is 0 Å². The third kappa shape index (κ3) is 1.91. The van der Waals surface area contributed by atoms with Crippen molar-refractivity contribution in [2.24, 2.45) is 11.8 Å². The minimum absolute atomic E-state index is 0.584. The van der Waals surface area contributed by atoms with E-state index >= 15 is 0 Å². The fraction of sp³-hybridized carbons (Fsp3) is 0.625. The summed E-state index contributed by atoms with van der Waals surface area (Å²) in [6, 6.07) is 13.3. The van der Waals surface area contributed by atoms with Crippen molar-refractivity contribution in [2.45, 2.75) is 51.7 Å². The van der Waals surface area contributed by atoms with Crippen molar-refractivity contribution in [2.75, 3.05) is 0 Å². The Morgan fingerprint density at radius 2 is 1.76 bits per heavy atom. The molecule has 0 N–H and O–H groups in total. The molecule has 1 heteroatoms. The van der Waals surface area contributed by atoms with Crippen LogP contribution in [0.4, 0.5) is 0 Å². The number of rotatable bonds is 3. The van der Waals surface area contributed by atoms with Crippen molar-refractivity contribution < 1.29 is 0 Å². The highest BCUT2D eigenvalue weighted by Crippen LogP contribution is 2.52. The second kappa shape index (κ2) is 4.13. The van der Waals surface area contributed by atoms with Crippen molar-refractivity contribution in [3.8, 4) is 0 Å². The summed E-state index contributed by atoms with van der Waals surface area (Å²) < 4.78 is 0. The van der Waals surface area contributed by atoms with Crippen LogP contribution in [0, 0.1) is 11.8 Å². The third-order valence-electron chi connectivity index (χ3n) is 4.69.